The highest BCUT2D eigenvalue weighted by Gasteiger charge is 2.19. The van der Waals surface area contributed by atoms with E-state index in [2.05, 4.69) is 106 Å². The Morgan fingerprint density at radius 2 is 0.494 bits per heavy atom. The van der Waals surface area contributed by atoms with E-state index in [9.17, 15) is 14.4 Å². The van der Waals surface area contributed by atoms with Crippen molar-refractivity contribution in [3.05, 3.63) is 85.1 Å². The van der Waals surface area contributed by atoms with Gasteiger partial charge in [0, 0.05) is 19.3 Å². The lowest BCUT2D eigenvalue weighted by molar-refractivity contribution is -0.167. The molecule has 0 saturated carbocycles. The first-order chi connectivity index (χ1) is 40.0. The molecule has 6 heteroatoms. The van der Waals surface area contributed by atoms with E-state index < -0.39 is 6.10 Å². The van der Waals surface area contributed by atoms with Crippen LogP contribution in [-0.2, 0) is 28.6 Å². The molecule has 0 aromatic heterocycles. The minimum atomic E-state index is -0.810. The van der Waals surface area contributed by atoms with Gasteiger partial charge in [-0.15, -0.1) is 0 Å². The van der Waals surface area contributed by atoms with E-state index in [1.807, 2.05) is 0 Å². The highest BCUT2D eigenvalue weighted by Crippen LogP contribution is 2.18. The normalized spacial score (nSPS) is 12.6. The number of carbonyl (C=O) groups excluding carboxylic acids is 3. The summed E-state index contributed by atoms with van der Waals surface area (Å²) in [4.78, 5) is 38.3. The number of hydrogen-bond acceptors (Lipinski definition) is 6. The smallest absolute Gasteiger partial charge is 0.306 e. The Morgan fingerprint density at radius 3 is 0.815 bits per heavy atom. The van der Waals surface area contributed by atoms with E-state index in [4.69, 9.17) is 14.2 Å². The summed E-state index contributed by atoms with van der Waals surface area (Å²) < 4.78 is 16.9. The molecule has 0 aliphatic carbocycles. The van der Waals surface area contributed by atoms with Crippen molar-refractivity contribution >= 4 is 17.9 Å². The van der Waals surface area contributed by atoms with Crippen molar-refractivity contribution in [1.82, 2.24) is 0 Å². The van der Waals surface area contributed by atoms with Crippen LogP contribution in [0.5, 0.6) is 0 Å². The predicted molar refractivity (Wildman–Crippen MR) is 353 cm³/mol. The Labute approximate surface area is 503 Å². The van der Waals surface area contributed by atoms with E-state index in [-0.39, 0.29) is 37.5 Å². The van der Waals surface area contributed by atoms with Gasteiger partial charge in [0.1, 0.15) is 13.2 Å². The number of carbonyl (C=O) groups is 3. The van der Waals surface area contributed by atoms with Gasteiger partial charge in [-0.3, -0.25) is 14.4 Å². The first-order valence-electron chi connectivity index (χ1n) is 35.1. The summed E-state index contributed by atoms with van der Waals surface area (Å²) in [5.74, 6) is -0.953. The summed E-state index contributed by atoms with van der Waals surface area (Å²) >= 11 is 0. The van der Waals surface area contributed by atoms with Crippen molar-refractivity contribution in [2.24, 2.45) is 0 Å². The highest BCUT2D eigenvalue weighted by molar-refractivity contribution is 5.71. The number of ether oxygens (including phenoxy) is 3. The van der Waals surface area contributed by atoms with Crippen LogP contribution < -0.4 is 0 Å². The molecule has 0 aromatic rings. The number of allylic oxidation sites excluding steroid dienone is 14. The summed E-state index contributed by atoms with van der Waals surface area (Å²) in [5, 5.41) is 0. The third-order valence-electron chi connectivity index (χ3n) is 15.4. The van der Waals surface area contributed by atoms with Gasteiger partial charge in [-0.1, -0.05) is 311 Å². The van der Waals surface area contributed by atoms with Crippen LogP contribution in [0.3, 0.4) is 0 Å². The number of hydrogen-bond donors (Lipinski definition) is 0. The summed E-state index contributed by atoms with van der Waals surface area (Å²) in [6, 6.07) is 0. The Kier molecular flexibility index (Phi) is 66.2. The number of unbranched alkanes of at least 4 members (excludes halogenated alkanes) is 39. The lowest BCUT2D eigenvalue weighted by Crippen LogP contribution is -2.30. The van der Waals surface area contributed by atoms with Crippen LogP contribution in [0.4, 0.5) is 0 Å². The second-order valence-corrected chi connectivity index (χ2v) is 23.4. The average molecular weight is 1130 g/mol. The van der Waals surface area contributed by atoms with Gasteiger partial charge in [-0.2, -0.15) is 0 Å². The summed E-state index contributed by atoms with van der Waals surface area (Å²) in [6.45, 7) is 6.49. The lowest BCUT2D eigenvalue weighted by atomic mass is 10.0. The van der Waals surface area contributed by atoms with Crippen molar-refractivity contribution in [1.29, 1.82) is 0 Å². The first-order valence-corrected chi connectivity index (χ1v) is 35.1. The van der Waals surface area contributed by atoms with Crippen molar-refractivity contribution in [3.63, 3.8) is 0 Å². The van der Waals surface area contributed by atoms with Crippen LogP contribution in [0.1, 0.15) is 355 Å². The molecule has 0 heterocycles. The zero-order chi connectivity index (χ0) is 58.5. The monoisotopic (exact) mass is 1130 g/mol. The maximum atomic E-state index is 12.9. The Balaban J connectivity index is 4.18. The molecule has 0 fully saturated rings. The lowest BCUT2D eigenvalue weighted by Gasteiger charge is -2.18. The van der Waals surface area contributed by atoms with Gasteiger partial charge >= 0.3 is 17.9 Å². The Morgan fingerprint density at radius 1 is 0.259 bits per heavy atom. The van der Waals surface area contributed by atoms with Crippen LogP contribution in [0.2, 0.25) is 0 Å². The van der Waals surface area contributed by atoms with E-state index >= 15 is 0 Å². The summed E-state index contributed by atoms with van der Waals surface area (Å²) in [6.07, 6.45) is 92.1. The van der Waals surface area contributed by atoms with Gasteiger partial charge in [-0.05, 0) is 109 Å². The van der Waals surface area contributed by atoms with Crippen LogP contribution >= 0.6 is 0 Å². The molecule has 0 amide bonds. The fourth-order valence-corrected chi connectivity index (χ4v) is 10.1. The molecule has 0 N–H and O–H groups in total. The largest absolute Gasteiger partial charge is 0.462 e. The molecule has 81 heavy (non-hydrogen) atoms. The molecule has 468 valence electrons. The fourth-order valence-electron chi connectivity index (χ4n) is 10.1. The number of rotatable bonds is 64. The molecule has 0 spiro atoms. The van der Waals surface area contributed by atoms with Crippen LogP contribution in [0, 0.1) is 0 Å². The van der Waals surface area contributed by atoms with E-state index in [0.717, 1.165) is 83.5 Å². The van der Waals surface area contributed by atoms with Gasteiger partial charge in [0.2, 0.25) is 0 Å². The van der Waals surface area contributed by atoms with Gasteiger partial charge in [-0.25, -0.2) is 0 Å². The maximum Gasteiger partial charge on any atom is 0.306 e. The zero-order valence-electron chi connectivity index (χ0n) is 53.8. The van der Waals surface area contributed by atoms with E-state index in [0.29, 0.717) is 19.3 Å². The average Bonchev–Trinajstić information content (AvgIpc) is 3.46. The molecule has 0 rings (SSSR count). The summed E-state index contributed by atoms with van der Waals surface area (Å²) in [7, 11) is 0. The minimum Gasteiger partial charge on any atom is -0.462 e. The SMILES string of the molecule is CC/C=C\C/C=C\C/C=C\C/C=C\C/C=C\CCCC(=O)OC(COC(=O)CCCCCCC/C=C\CCCCCC)COC(=O)CCCCCCCCCCCCCCCCCCCCCCC/C=C\CCCCCCCCCC. The Bertz CT molecular complexity index is 1530. The van der Waals surface area contributed by atoms with Crippen LogP contribution in [-0.4, -0.2) is 37.2 Å². The molecule has 0 bridgehead atoms. The topological polar surface area (TPSA) is 78.9 Å². The fraction of sp³-hybridized carbons (Fsp3) is 0.773. The highest BCUT2D eigenvalue weighted by atomic mass is 16.6. The van der Waals surface area contributed by atoms with Crippen molar-refractivity contribution < 1.29 is 28.6 Å². The summed E-state index contributed by atoms with van der Waals surface area (Å²) in [5.41, 5.74) is 0. The van der Waals surface area contributed by atoms with Gasteiger partial charge < -0.3 is 14.2 Å². The van der Waals surface area contributed by atoms with Gasteiger partial charge in [0.05, 0.1) is 0 Å². The second kappa shape index (κ2) is 69.1. The maximum absolute atomic E-state index is 12.9. The second-order valence-electron chi connectivity index (χ2n) is 23.4. The van der Waals surface area contributed by atoms with Crippen molar-refractivity contribution in [2.45, 2.75) is 361 Å². The third-order valence-corrected chi connectivity index (χ3v) is 15.4. The zero-order valence-corrected chi connectivity index (χ0v) is 53.8. The van der Waals surface area contributed by atoms with Crippen molar-refractivity contribution in [2.75, 3.05) is 13.2 Å². The molecule has 0 aliphatic rings. The van der Waals surface area contributed by atoms with E-state index in [1.54, 1.807) is 0 Å². The molecule has 1 unspecified atom stereocenters. The third kappa shape index (κ3) is 67.3. The molecular weight excluding hydrogens is 997 g/mol. The standard InChI is InChI=1S/C75H132O6/c1-4-7-10-13-16-19-22-25-27-29-30-31-32-33-34-35-36-37-38-39-40-41-42-43-44-46-47-50-53-56-59-62-65-68-74(77)80-71-72(70-79-73(76)67-64-61-58-55-52-49-24-21-18-15-12-9-6-3)81-75(78)69-66-63-60-57-54-51-48-45-28-26-23-20-17-14-11-8-5-2/h8,11,17,20-21,24,26,28-30,48,51,57,60,72H,4-7,9-10,12-16,18-19,22-23,25,27,31-47,49-50,52-56,58-59,61-71H2,1-3H3/b11-8-,20-17-,24-21-,28-26-,30-29-,51-48-,60-57-. The molecule has 6 nitrogen and oxygen atoms in total. The molecular formula is C75H132O6. The van der Waals surface area contributed by atoms with Gasteiger partial charge in [0.15, 0.2) is 6.10 Å². The quantitative estimate of drug-likeness (QED) is 0.0261. The molecule has 0 aliphatic heterocycles. The number of esters is 3. The molecule has 0 radical (unpaired) electrons. The molecule has 1 atom stereocenters. The molecule has 0 saturated heterocycles. The minimum absolute atomic E-state index is 0.0991. The van der Waals surface area contributed by atoms with Gasteiger partial charge in [0.25, 0.3) is 0 Å². The van der Waals surface area contributed by atoms with E-state index in [1.165, 1.54) is 225 Å². The predicted octanol–water partition coefficient (Wildman–Crippen LogP) is 24.2. The first kappa shape index (κ1) is 77.6. The Hall–Kier alpha value is -3.41. The molecule has 0 aromatic carbocycles. The van der Waals surface area contributed by atoms with Crippen LogP contribution in [0.15, 0.2) is 85.1 Å². The van der Waals surface area contributed by atoms with Crippen LogP contribution in [0.25, 0.3) is 0 Å². The van der Waals surface area contributed by atoms with Crippen molar-refractivity contribution in [3.8, 4) is 0 Å².